The van der Waals surface area contributed by atoms with Gasteiger partial charge in [-0.1, -0.05) is 0 Å². The normalized spacial score (nSPS) is 21.9. The second-order valence-electron chi connectivity index (χ2n) is 9.54. The van der Waals surface area contributed by atoms with Gasteiger partial charge in [0.05, 0.1) is 6.04 Å². The number of piperidine rings is 2. The van der Waals surface area contributed by atoms with Crippen molar-refractivity contribution in [1.82, 2.24) is 19.7 Å². The van der Waals surface area contributed by atoms with E-state index < -0.39 is 11.9 Å². The third-order valence-electron chi connectivity index (χ3n) is 7.18. The molecule has 0 radical (unpaired) electrons. The zero-order valence-corrected chi connectivity index (χ0v) is 20.1. The van der Waals surface area contributed by atoms with E-state index in [2.05, 4.69) is 5.32 Å². The summed E-state index contributed by atoms with van der Waals surface area (Å²) in [6, 6.07) is 7.44. The first-order chi connectivity index (χ1) is 17.3. The Morgan fingerprint density at radius 2 is 1.92 bits per heavy atom. The lowest BCUT2D eigenvalue weighted by Crippen LogP contribution is -2.52. The summed E-state index contributed by atoms with van der Waals surface area (Å²) in [6.45, 7) is 1.16. The minimum absolute atomic E-state index is 0.134. The van der Waals surface area contributed by atoms with Crippen molar-refractivity contribution in [3.8, 4) is 5.75 Å². The number of amides is 4. The zero-order valence-electron chi connectivity index (χ0n) is 20.1. The first-order valence-corrected chi connectivity index (χ1v) is 12.2. The average molecular weight is 493 g/mol. The Bertz CT molecular complexity index is 1300. The van der Waals surface area contributed by atoms with E-state index in [4.69, 9.17) is 4.74 Å². The van der Waals surface area contributed by atoms with Gasteiger partial charge in [0.25, 0.3) is 17.4 Å². The van der Waals surface area contributed by atoms with Crippen molar-refractivity contribution in [2.45, 2.75) is 50.7 Å². The van der Waals surface area contributed by atoms with Crippen LogP contribution in [0, 0.1) is 0 Å². The van der Waals surface area contributed by atoms with Crippen LogP contribution in [0.4, 0.5) is 0 Å². The van der Waals surface area contributed by atoms with Crippen LogP contribution in [0.5, 0.6) is 5.75 Å². The summed E-state index contributed by atoms with van der Waals surface area (Å²) >= 11 is 0. The number of carbonyl (C=O) groups excluding carboxylic acids is 4. The number of aryl methyl sites for hydroxylation is 1. The minimum Gasteiger partial charge on any atom is -0.491 e. The van der Waals surface area contributed by atoms with E-state index in [0.717, 1.165) is 24.8 Å². The summed E-state index contributed by atoms with van der Waals surface area (Å²) in [6.07, 6.45) is 4.78. The van der Waals surface area contributed by atoms with Gasteiger partial charge in [-0.25, -0.2) is 0 Å². The molecule has 2 fully saturated rings. The number of likely N-dealkylation sites (tertiary alicyclic amines) is 1. The number of aromatic nitrogens is 1. The lowest BCUT2D eigenvalue weighted by atomic mass is 10.0. The molecule has 0 aliphatic carbocycles. The van der Waals surface area contributed by atoms with Crippen molar-refractivity contribution in [2.75, 3.05) is 13.2 Å². The van der Waals surface area contributed by atoms with Gasteiger partial charge in [0, 0.05) is 49.9 Å². The Labute approximate surface area is 207 Å². The Morgan fingerprint density at radius 3 is 2.69 bits per heavy atom. The summed E-state index contributed by atoms with van der Waals surface area (Å²) < 4.78 is 7.49. The van der Waals surface area contributed by atoms with Gasteiger partial charge >= 0.3 is 0 Å². The molecule has 1 aromatic heterocycles. The fourth-order valence-electron chi connectivity index (χ4n) is 5.12. The van der Waals surface area contributed by atoms with Gasteiger partial charge in [-0.2, -0.15) is 0 Å². The number of ether oxygens (including phenoxy) is 1. The van der Waals surface area contributed by atoms with Crippen molar-refractivity contribution >= 4 is 23.6 Å². The summed E-state index contributed by atoms with van der Waals surface area (Å²) in [5.41, 5.74) is 1.42. The third kappa shape index (κ3) is 4.50. The molecule has 0 spiro atoms. The molecule has 10 nitrogen and oxygen atoms in total. The molecule has 4 amide bonds. The highest BCUT2D eigenvalue weighted by Gasteiger charge is 2.39. The molecular weight excluding hydrogens is 464 g/mol. The van der Waals surface area contributed by atoms with Crippen molar-refractivity contribution < 1.29 is 23.9 Å². The van der Waals surface area contributed by atoms with Crippen molar-refractivity contribution in [3.05, 3.63) is 63.6 Å². The van der Waals surface area contributed by atoms with Crippen molar-refractivity contribution in [1.29, 1.82) is 0 Å². The number of benzene rings is 1. The van der Waals surface area contributed by atoms with Crippen LogP contribution >= 0.6 is 0 Å². The number of carbonyl (C=O) groups is 4. The molecular formula is C26H28N4O6. The molecule has 188 valence electrons. The molecule has 4 heterocycles. The number of fused-ring (bicyclic) bond motifs is 1. The Kier molecular flexibility index (Phi) is 6.34. The highest BCUT2D eigenvalue weighted by molar-refractivity contribution is 6.05. The van der Waals surface area contributed by atoms with Crippen molar-refractivity contribution in [2.24, 2.45) is 7.05 Å². The van der Waals surface area contributed by atoms with E-state index in [0.29, 0.717) is 36.4 Å². The monoisotopic (exact) mass is 492 g/mol. The first-order valence-electron chi connectivity index (χ1n) is 12.2. The highest BCUT2D eigenvalue weighted by Crippen LogP contribution is 2.30. The van der Waals surface area contributed by atoms with Crippen LogP contribution in [0.25, 0.3) is 0 Å². The van der Waals surface area contributed by atoms with E-state index in [-0.39, 0.29) is 42.3 Å². The van der Waals surface area contributed by atoms with Crippen LogP contribution in [0.2, 0.25) is 0 Å². The van der Waals surface area contributed by atoms with Gasteiger partial charge in [-0.3, -0.25) is 29.3 Å². The van der Waals surface area contributed by atoms with Crippen LogP contribution < -0.4 is 15.6 Å². The second kappa shape index (κ2) is 9.60. The van der Waals surface area contributed by atoms with Gasteiger partial charge in [0.2, 0.25) is 11.8 Å². The van der Waals surface area contributed by atoms with E-state index in [1.54, 1.807) is 42.4 Å². The maximum atomic E-state index is 13.1. The van der Waals surface area contributed by atoms with E-state index in [9.17, 15) is 24.0 Å². The van der Waals surface area contributed by atoms with Gasteiger partial charge in [-0.05, 0) is 55.5 Å². The predicted molar refractivity (Wildman–Crippen MR) is 128 cm³/mol. The quantitative estimate of drug-likeness (QED) is 0.627. The number of pyridine rings is 1. The molecule has 36 heavy (non-hydrogen) atoms. The van der Waals surface area contributed by atoms with Gasteiger partial charge in [0.15, 0.2) is 0 Å². The number of hydrogen-bond acceptors (Lipinski definition) is 6. The van der Waals surface area contributed by atoms with E-state index >= 15 is 0 Å². The number of rotatable bonds is 5. The molecule has 1 N–H and O–H groups in total. The maximum Gasteiger partial charge on any atom is 0.255 e. The highest BCUT2D eigenvalue weighted by atomic mass is 16.5. The Balaban J connectivity index is 1.26. The van der Waals surface area contributed by atoms with E-state index in [1.807, 2.05) is 0 Å². The first kappa shape index (κ1) is 23.8. The van der Waals surface area contributed by atoms with Gasteiger partial charge in [0.1, 0.15) is 18.4 Å². The minimum atomic E-state index is -0.663. The molecule has 0 bridgehead atoms. The lowest BCUT2D eigenvalue weighted by molar-refractivity contribution is -0.136. The smallest absolute Gasteiger partial charge is 0.255 e. The fourth-order valence-corrected chi connectivity index (χ4v) is 5.12. The van der Waals surface area contributed by atoms with Crippen LogP contribution in [0.3, 0.4) is 0 Å². The number of imide groups is 1. The Morgan fingerprint density at radius 1 is 1.08 bits per heavy atom. The van der Waals surface area contributed by atoms with E-state index in [1.165, 1.54) is 15.5 Å². The third-order valence-corrected chi connectivity index (χ3v) is 7.18. The molecule has 10 heteroatoms. The van der Waals surface area contributed by atoms with Crippen molar-refractivity contribution in [3.63, 3.8) is 0 Å². The second-order valence-corrected chi connectivity index (χ2v) is 9.54. The average Bonchev–Trinajstić information content (AvgIpc) is 3.19. The van der Waals surface area contributed by atoms with Crippen LogP contribution in [-0.4, -0.2) is 63.2 Å². The van der Waals surface area contributed by atoms with Gasteiger partial charge < -0.3 is 19.1 Å². The summed E-state index contributed by atoms with van der Waals surface area (Å²) in [4.78, 5) is 65.0. The standard InChI is InChI=1S/C26H28N4O6/c1-28-11-9-16(13-23(28)32)25(34)29-10-3-2-4-18(29)15-36-19-5-6-20-17(12-19)14-30(26(20)35)21-7-8-22(31)27-24(21)33/h5-6,9,11-13,18,21H,2-4,7-8,10,14-15H2,1H3,(H,27,31,33)/t18-,21?/m1/s1. The van der Waals surface area contributed by atoms with Crippen LogP contribution in [0.1, 0.15) is 58.4 Å². The van der Waals surface area contributed by atoms with Gasteiger partial charge in [-0.15, -0.1) is 0 Å². The zero-order chi connectivity index (χ0) is 25.4. The molecule has 1 unspecified atom stereocenters. The largest absolute Gasteiger partial charge is 0.491 e. The topological polar surface area (TPSA) is 118 Å². The molecule has 2 aromatic rings. The SMILES string of the molecule is Cn1ccc(C(=O)N2CCCC[C@@H]2COc2ccc3c(c2)CN(C2CCC(=O)NC2=O)C3=O)cc1=O. The molecule has 1 aromatic carbocycles. The molecule has 3 aliphatic heterocycles. The molecule has 2 saturated heterocycles. The fraction of sp³-hybridized carbons (Fsp3) is 0.423. The predicted octanol–water partition coefficient (Wildman–Crippen LogP) is 1.22. The number of nitrogens with zero attached hydrogens (tertiary/aromatic N) is 3. The molecule has 5 rings (SSSR count). The van der Waals surface area contributed by atoms with Crippen LogP contribution in [0.15, 0.2) is 41.3 Å². The van der Waals surface area contributed by atoms with Crippen LogP contribution in [-0.2, 0) is 23.2 Å². The Hall–Kier alpha value is -3.95. The molecule has 2 atom stereocenters. The summed E-state index contributed by atoms with van der Waals surface area (Å²) in [5.74, 6) is -0.592. The number of hydrogen-bond donors (Lipinski definition) is 1. The lowest BCUT2D eigenvalue weighted by Gasteiger charge is -2.35. The summed E-state index contributed by atoms with van der Waals surface area (Å²) in [7, 11) is 1.64. The summed E-state index contributed by atoms with van der Waals surface area (Å²) in [5, 5.41) is 2.31. The molecule has 3 aliphatic rings. The maximum absolute atomic E-state index is 13.1. The molecule has 0 saturated carbocycles. The number of nitrogens with one attached hydrogen (secondary N) is 1.